The number of aliphatic hydroxyl groups is 1. The van der Waals surface area contributed by atoms with E-state index < -0.39 is 18.0 Å². The van der Waals surface area contributed by atoms with E-state index in [1.807, 2.05) is 4.90 Å². The van der Waals surface area contributed by atoms with Crippen molar-refractivity contribution in [3.05, 3.63) is 46.2 Å². The number of rotatable bonds is 6. The van der Waals surface area contributed by atoms with E-state index in [-0.39, 0.29) is 12.6 Å². The van der Waals surface area contributed by atoms with Gasteiger partial charge in [0.05, 0.1) is 5.02 Å². The summed E-state index contributed by atoms with van der Waals surface area (Å²) in [6.45, 7) is 2.44. The Morgan fingerprint density at radius 1 is 1.14 bits per heavy atom. The summed E-state index contributed by atoms with van der Waals surface area (Å²) in [5, 5.41) is 11.1. The SMILES string of the molecule is OC(COc1ccc(Cl)cc1Cl)CN1CCN(c2nccc(C(F)(F)F)n2)CC1. The number of alkyl halides is 3. The molecule has 1 aromatic carbocycles. The lowest BCUT2D eigenvalue weighted by Crippen LogP contribution is -2.49. The number of benzene rings is 1. The Morgan fingerprint density at radius 3 is 2.52 bits per heavy atom. The molecule has 1 aliphatic heterocycles. The molecule has 1 saturated heterocycles. The number of piperazine rings is 1. The van der Waals surface area contributed by atoms with Gasteiger partial charge in [0.1, 0.15) is 24.2 Å². The highest BCUT2D eigenvalue weighted by molar-refractivity contribution is 6.35. The number of halogens is 5. The minimum atomic E-state index is -4.50. The fourth-order valence-electron chi connectivity index (χ4n) is 2.92. The molecule has 0 amide bonds. The number of aliphatic hydroxyl groups excluding tert-OH is 1. The first-order chi connectivity index (χ1) is 13.7. The molecule has 3 rings (SSSR count). The van der Waals surface area contributed by atoms with Crippen molar-refractivity contribution in [2.24, 2.45) is 0 Å². The van der Waals surface area contributed by atoms with E-state index in [0.717, 1.165) is 12.3 Å². The van der Waals surface area contributed by atoms with E-state index in [9.17, 15) is 18.3 Å². The van der Waals surface area contributed by atoms with E-state index >= 15 is 0 Å². The van der Waals surface area contributed by atoms with Gasteiger partial charge < -0.3 is 14.7 Å². The highest BCUT2D eigenvalue weighted by atomic mass is 35.5. The van der Waals surface area contributed by atoms with Crippen LogP contribution in [0.2, 0.25) is 10.0 Å². The van der Waals surface area contributed by atoms with Crippen molar-refractivity contribution >= 4 is 29.2 Å². The lowest BCUT2D eigenvalue weighted by atomic mass is 10.2. The van der Waals surface area contributed by atoms with Crippen LogP contribution in [0.1, 0.15) is 5.69 Å². The molecule has 1 aromatic heterocycles. The molecule has 0 bridgehead atoms. The Bertz CT molecular complexity index is 833. The average molecular weight is 451 g/mol. The molecular weight excluding hydrogens is 432 g/mol. The summed E-state index contributed by atoms with van der Waals surface area (Å²) in [7, 11) is 0. The van der Waals surface area contributed by atoms with Gasteiger partial charge in [0.25, 0.3) is 0 Å². The molecular formula is C18H19Cl2F3N4O2. The number of anilines is 1. The lowest BCUT2D eigenvalue weighted by Gasteiger charge is -2.35. The second-order valence-corrected chi connectivity index (χ2v) is 7.41. The number of hydrogen-bond acceptors (Lipinski definition) is 6. The van der Waals surface area contributed by atoms with Crippen LogP contribution < -0.4 is 9.64 Å². The molecule has 1 fully saturated rings. The van der Waals surface area contributed by atoms with Crippen molar-refractivity contribution in [1.82, 2.24) is 14.9 Å². The third kappa shape index (κ3) is 6.08. The van der Waals surface area contributed by atoms with Gasteiger partial charge in [0, 0.05) is 43.9 Å². The zero-order valence-corrected chi connectivity index (χ0v) is 16.8. The van der Waals surface area contributed by atoms with Crippen LogP contribution in [-0.4, -0.2) is 65.4 Å². The summed E-state index contributed by atoms with van der Waals surface area (Å²) in [4.78, 5) is 11.3. The van der Waals surface area contributed by atoms with Gasteiger partial charge in [-0.15, -0.1) is 0 Å². The zero-order chi connectivity index (χ0) is 21.0. The maximum absolute atomic E-state index is 12.8. The Morgan fingerprint density at radius 2 is 1.86 bits per heavy atom. The molecule has 0 saturated carbocycles. The molecule has 158 valence electrons. The normalized spacial score (nSPS) is 16.7. The third-order valence-corrected chi connectivity index (χ3v) is 4.91. The number of aromatic nitrogens is 2. The summed E-state index contributed by atoms with van der Waals surface area (Å²) >= 11 is 11.9. The molecule has 29 heavy (non-hydrogen) atoms. The molecule has 11 heteroatoms. The second-order valence-electron chi connectivity index (χ2n) is 6.57. The highest BCUT2D eigenvalue weighted by Gasteiger charge is 2.33. The molecule has 2 heterocycles. The van der Waals surface area contributed by atoms with E-state index in [2.05, 4.69) is 9.97 Å². The lowest BCUT2D eigenvalue weighted by molar-refractivity contribution is -0.141. The van der Waals surface area contributed by atoms with Gasteiger partial charge in [-0.05, 0) is 24.3 Å². The second kappa shape index (κ2) is 9.34. The Labute approximate surface area is 175 Å². The van der Waals surface area contributed by atoms with Gasteiger partial charge in [0.2, 0.25) is 5.95 Å². The van der Waals surface area contributed by atoms with Crippen molar-refractivity contribution in [2.75, 3.05) is 44.2 Å². The molecule has 6 nitrogen and oxygen atoms in total. The van der Waals surface area contributed by atoms with Gasteiger partial charge in [-0.3, -0.25) is 4.90 Å². The molecule has 0 radical (unpaired) electrons. The molecule has 0 spiro atoms. The molecule has 2 aromatic rings. The van der Waals surface area contributed by atoms with Crippen molar-refractivity contribution in [2.45, 2.75) is 12.3 Å². The summed E-state index contributed by atoms with van der Waals surface area (Å²) in [5.74, 6) is 0.488. The van der Waals surface area contributed by atoms with Crippen LogP contribution in [0.5, 0.6) is 5.75 Å². The van der Waals surface area contributed by atoms with Crippen LogP contribution >= 0.6 is 23.2 Å². The Hall–Kier alpha value is -1.81. The van der Waals surface area contributed by atoms with E-state index in [1.54, 1.807) is 23.1 Å². The predicted octanol–water partition coefficient (Wildman–Crippen LogP) is 3.36. The Balaban J connectivity index is 1.47. The molecule has 1 N–H and O–H groups in total. The summed E-state index contributed by atoms with van der Waals surface area (Å²) in [6, 6.07) is 5.68. The van der Waals surface area contributed by atoms with Crippen molar-refractivity contribution in [3.8, 4) is 5.75 Å². The minimum absolute atomic E-state index is 0.0539. The summed E-state index contributed by atoms with van der Waals surface area (Å²) < 4.78 is 44.0. The number of nitrogens with zero attached hydrogens (tertiary/aromatic N) is 4. The van der Waals surface area contributed by atoms with Gasteiger partial charge in [-0.1, -0.05) is 23.2 Å². The molecule has 1 unspecified atom stereocenters. The van der Waals surface area contributed by atoms with Crippen LogP contribution in [-0.2, 0) is 6.18 Å². The van der Waals surface area contributed by atoms with Gasteiger partial charge in [0.15, 0.2) is 0 Å². The van der Waals surface area contributed by atoms with Crippen LogP contribution in [0.3, 0.4) is 0 Å². The maximum Gasteiger partial charge on any atom is 0.433 e. The quantitative estimate of drug-likeness (QED) is 0.727. The van der Waals surface area contributed by atoms with Gasteiger partial charge in [-0.2, -0.15) is 13.2 Å². The largest absolute Gasteiger partial charge is 0.489 e. The molecule has 1 atom stereocenters. The number of ether oxygens (including phenoxy) is 1. The van der Waals surface area contributed by atoms with Crippen molar-refractivity contribution in [3.63, 3.8) is 0 Å². The van der Waals surface area contributed by atoms with Gasteiger partial charge in [-0.25, -0.2) is 9.97 Å². The first kappa shape index (κ1) is 21.9. The summed E-state index contributed by atoms with van der Waals surface area (Å²) in [6.07, 6.45) is -4.14. The van der Waals surface area contributed by atoms with Gasteiger partial charge >= 0.3 is 6.18 Å². The van der Waals surface area contributed by atoms with E-state index in [4.69, 9.17) is 27.9 Å². The number of β-amino-alcohol motifs (C(OH)–C–C–N with tert-alkyl or cyclic N) is 1. The first-order valence-electron chi connectivity index (χ1n) is 8.86. The highest BCUT2D eigenvalue weighted by Crippen LogP contribution is 2.29. The maximum atomic E-state index is 12.8. The van der Waals surface area contributed by atoms with E-state index in [1.165, 1.54) is 0 Å². The fraction of sp³-hybridized carbons (Fsp3) is 0.444. The van der Waals surface area contributed by atoms with Crippen LogP contribution in [0.15, 0.2) is 30.5 Å². The van der Waals surface area contributed by atoms with E-state index in [0.29, 0.717) is 48.5 Å². The zero-order valence-electron chi connectivity index (χ0n) is 15.2. The topological polar surface area (TPSA) is 61.7 Å². The standard InChI is InChI=1S/C18H19Cl2F3N4O2/c19-12-1-2-15(14(20)9-12)29-11-13(28)10-26-5-7-27(8-6-26)17-24-4-3-16(25-17)18(21,22)23/h1-4,9,13,28H,5-8,10-11H2. The van der Waals surface area contributed by atoms with Crippen LogP contribution in [0.25, 0.3) is 0 Å². The fourth-order valence-corrected chi connectivity index (χ4v) is 3.38. The molecule has 0 aliphatic carbocycles. The van der Waals surface area contributed by atoms with Crippen LogP contribution in [0.4, 0.5) is 19.1 Å². The first-order valence-corrected chi connectivity index (χ1v) is 9.61. The third-order valence-electron chi connectivity index (χ3n) is 4.38. The molecule has 1 aliphatic rings. The predicted molar refractivity (Wildman–Crippen MR) is 104 cm³/mol. The number of hydrogen-bond donors (Lipinski definition) is 1. The minimum Gasteiger partial charge on any atom is -0.489 e. The monoisotopic (exact) mass is 450 g/mol. The van der Waals surface area contributed by atoms with Crippen molar-refractivity contribution in [1.29, 1.82) is 0 Å². The Kier molecular flexibility index (Phi) is 7.05. The smallest absolute Gasteiger partial charge is 0.433 e. The average Bonchev–Trinajstić information content (AvgIpc) is 2.67. The van der Waals surface area contributed by atoms with Crippen LogP contribution in [0, 0.1) is 0 Å². The van der Waals surface area contributed by atoms with Crippen molar-refractivity contribution < 1.29 is 23.0 Å². The summed E-state index contributed by atoms with van der Waals surface area (Å²) in [5.41, 5.74) is -0.960.